The molecule has 0 saturated carbocycles. The molecule has 0 N–H and O–H groups in total. The standard InChI is InChI=1S/C33H52O7/c1-2-3-4-5-6-8-11-31-14-16-33(17-15-31)40-29-28-38-25-24-36-21-20-34-18-19-35-22-23-37-26-27-39-30-32-12-9-7-10-13-32/h7,9-10,12-17H,2-6,8,11,18-30H2,1H3. The number of hydrogen-bond donors (Lipinski definition) is 0. The lowest BCUT2D eigenvalue weighted by molar-refractivity contribution is -0.0186. The highest BCUT2D eigenvalue weighted by Gasteiger charge is 1.98. The molecule has 7 nitrogen and oxygen atoms in total. The van der Waals surface area contributed by atoms with Gasteiger partial charge >= 0.3 is 0 Å². The molecule has 226 valence electrons. The van der Waals surface area contributed by atoms with Gasteiger partial charge in [-0.2, -0.15) is 0 Å². The van der Waals surface area contributed by atoms with Gasteiger partial charge in [-0.1, -0.05) is 81.5 Å². The van der Waals surface area contributed by atoms with Crippen molar-refractivity contribution in [2.24, 2.45) is 0 Å². The van der Waals surface area contributed by atoms with E-state index in [0.29, 0.717) is 85.9 Å². The van der Waals surface area contributed by atoms with Gasteiger partial charge in [-0.15, -0.1) is 0 Å². The van der Waals surface area contributed by atoms with Gasteiger partial charge in [-0.05, 0) is 36.1 Å². The number of aryl methyl sites for hydroxylation is 1. The highest BCUT2D eigenvalue weighted by atomic mass is 16.6. The summed E-state index contributed by atoms with van der Waals surface area (Å²) in [4.78, 5) is 0. The smallest absolute Gasteiger partial charge is 0.119 e. The van der Waals surface area contributed by atoms with Crippen molar-refractivity contribution in [1.29, 1.82) is 0 Å². The van der Waals surface area contributed by atoms with Crippen LogP contribution in [0.15, 0.2) is 54.6 Å². The predicted molar refractivity (Wildman–Crippen MR) is 159 cm³/mol. The molecule has 0 unspecified atom stereocenters. The normalized spacial score (nSPS) is 11.2. The molecular weight excluding hydrogens is 508 g/mol. The number of benzene rings is 2. The fourth-order valence-corrected chi connectivity index (χ4v) is 3.94. The molecule has 0 bridgehead atoms. The average molecular weight is 561 g/mol. The summed E-state index contributed by atoms with van der Waals surface area (Å²) in [5, 5.41) is 0. The molecule has 0 heterocycles. The predicted octanol–water partition coefficient (Wildman–Crippen LogP) is 6.27. The zero-order chi connectivity index (χ0) is 28.2. The van der Waals surface area contributed by atoms with Crippen LogP contribution in [-0.4, -0.2) is 79.3 Å². The van der Waals surface area contributed by atoms with Crippen LogP contribution in [0.1, 0.15) is 56.6 Å². The van der Waals surface area contributed by atoms with Gasteiger partial charge in [0.15, 0.2) is 0 Å². The summed E-state index contributed by atoms with van der Waals surface area (Å²) in [6.45, 7) is 9.42. The van der Waals surface area contributed by atoms with E-state index < -0.39 is 0 Å². The Balaban J connectivity index is 1.25. The number of hydrogen-bond acceptors (Lipinski definition) is 7. The molecule has 0 atom stereocenters. The van der Waals surface area contributed by atoms with E-state index in [0.717, 1.165) is 12.2 Å². The Kier molecular flexibility index (Phi) is 22.2. The molecule has 2 aromatic rings. The summed E-state index contributed by atoms with van der Waals surface area (Å²) in [5.74, 6) is 0.893. The molecular formula is C33H52O7. The minimum absolute atomic E-state index is 0.535. The molecule has 7 heteroatoms. The van der Waals surface area contributed by atoms with Gasteiger partial charge in [-0.3, -0.25) is 0 Å². The Labute approximate surface area is 242 Å². The van der Waals surface area contributed by atoms with Crippen LogP contribution in [0.25, 0.3) is 0 Å². The first-order valence-electron chi connectivity index (χ1n) is 15.1. The maximum atomic E-state index is 5.76. The average Bonchev–Trinajstić information content (AvgIpc) is 2.99. The molecule has 0 amide bonds. The molecule has 0 fully saturated rings. The maximum Gasteiger partial charge on any atom is 0.119 e. The summed E-state index contributed by atoms with van der Waals surface area (Å²) in [6, 6.07) is 18.6. The second-order valence-corrected chi connectivity index (χ2v) is 9.61. The van der Waals surface area contributed by atoms with Gasteiger partial charge in [0.1, 0.15) is 12.4 Å². The van der Waals surface area contributed by atoms with Crippen LogP contribution in [0.3, 0.4) is 0 Å². The molecule has 0 aliphatic rings. The van der Waals surface area contributed by atoms with Crippen LogP contribution in [0.2, 0.25) is 0 Å². The minimum atomic E-state index is 0.535. The lowest BCUT2D eigenvalue weighted by Crippen LogP contribution is -2.14. The first kappa shape index (κ1) is 34.2. The first-order chi connectivity index (χ1) is 19.9. The molecule has 0 aliphatic heterocycles. The Hall–Kier alpha value is -2.00. The van der Waals surface area contributed by atoms with Crippen molar-refractivity contribution in [2.75, 3.05) is 79.3 Å². The van der Waals surface area contributed by atoms with E-state index in [-0.39, 0.29) is 0 Å². The second kappa shape index (κ2) is 25.9. The van der Waals surface area contributed by atoms with E-state index in [9.17, 15) is 0 Å². The van der Waals surface area contributed by atoms with Gasteiger partial charge in [-0.25, -0.2) is 0 Å². The monoisotopic (exact) mass is 560 g/mol. The van der Waals surface area contributed by atoms with E-state index in [2.05, 4.69) is 31.2 Å². The van der Waals surface area contributed by atoms with E-state index in [4.69, 9.17) is 33.2 Å². The van der Waals surface area contributed by atoms with Gasteiger partial charge in [0.25, 0.3) is 0 Å². The van der Waals surface area contributed by atoms with Crippen molar-refractivity contribution >= 4 is 0 Å². The van der Waals surface area contributed by atoms with Crippen LogP contribution < -0.4 is 4.74 Å². The molecule has 0 spiro atoms. The van der Waals surface area contributed by atoms with Crippen molar-refractivity contribution in [3.8, 4) is 5.75 Å². The maximum absolute atomic E-state index is 5.76. The number of rotatable bonds is 28. The Bertz CT molecular complexity index is 785. The first-order valence-corrected chi connectivity index (χ1v) is 15.1. The van der Waals surface area contributed by atoms with E-state index in [1.807, 2.05) is 30.3 Å². The van der Waals surface area contributed by atoms with Crippen LogP contribution in [-0.2, 0) is 41.4 Å². The molecule has 0 aliphatic carbocycles. The highest BCUT2D eigenvalue weighted by Crippen LogP contribution is 2.15. The fourth-order valence-electron chi connectivity index (χ4n) is 3.94. The largest absolute Gasteiger partial charge is 0.491 e. The van der Waals surface area contributed by atoms with Gasteiger partial charge in [0.2, 0.25) is 0 Å². The van der Waals surface area contributed by atoms with Gasteiger partial charge < -0.3 is 33.2 Å². The Morgan fingerprint density at radius 1 is 0.425 bits per heavy atom. The third-order valence-electron chi connectivity index (χ3n) is 6.21. The van der Waals surface area contributed by atoms with Crippen LogP contribution in [0.4, 0.5) is 0 Å². The minimum Gasteiger partial charge on any atom is -0.491 e. The van der Waals surface area contributed by atoms with Gasteiger partial charge in [0, 0.05) is 0 Å². The van der Waals surface area contributed by atoms with Crippen molar-refractivity contribution in [1.82, 2.24) is 0 Å². The Morgan fingerprint density at radius 3 is 1.45 bits per heavy atom. The lowest BCUT2D eigenvalue weighted by Gasteiger charge is -2.09. The van der Waals surface area contributed by atoms with Crippen molar-refractivity contribution in [3.63, 3.8) is 0 Å². The van der Waals surface area contributed by atoms with E-state index >= 15 is 0 Å². The summed E-state index contributed by atoms with van der Waals surface area (Å²) >= 11 is 0. The summed E-state index contributed by atoms with van der Waals surface area (Å²) in [5.41, 5.74) is 2.55. The van der Waals surface area contributed by atoms with E-state index in [1.54, 1.807) is 0 Å². The molecule has 2 rings (SSSR count). The van der Waals surface area contributed by atoms with Crippen molar-refractivity contribution < 1.29 is 33.2 Å². The molecule has 40 heavy (non-hydrogen) atoms. The summed E-state index contributed by atoms with van der Waals surface area (Å²) in [6.07, 6.45) is 9.13. The zero-order valence-electron chi connectivity index (χ0n) is 24.7. The highest BCUT2D eigenvalue weighted by molar-refractivity contribution is 5.27. The number of ether oxygens (including phenoxy) is 7. The topological polar surface area (TPSA) is 64.6 Å². The molecule has 0 saturated heterocycles. The molecule has 0 radical (unpaired) electrons. The van der Waals surface area contributed by atoms with Crippen LogP contribution in [0, 0.1) is 0 Å². The van der Waals surface area contributed by atoms with Crippen LogP contribution >= 0.6 is 0 Å². The van der Waals surface area contributed by atoms with Crippen molar-refractivity contribution in [3.05, 3.63) is 65.7 Å². The van der Waals surface area contributed by atoms with Crippen molar-refractivity contribution in [2.45, 2.75) is 58.5 Å². The van der Waals surface area contributed by atoms with Gasteiger partial charge in [0.05, 0.1) is 79.3 Å². The molecule has 0 aromatic heterocycles. The Morgan fingerprint density at radius 2 is 0.900 bits per heavy atom. The number of unbranched alkanes of at least 4 members (excludes halogenated alkanes) is 5. The summed E-state index contributed by atoms with van der Waals surface area (Å²) < 4.78 is 38.9. The SMILES string of the molecule is CCCCCCCCc1ccc(OCCOCCOCCOCCOCCOCCOCc2ccccc2)cc1. The quantitative estimate of drug-likeness (QED) is 0.114. The third kappa shape index (κ3) is 20.0. The van der Waals surface area contributed by atoms with Crippen LogP contribution in [0.5, 0.6) is 5.75 Å². The second-order valence-electron chi connectivity index (χ2n) is 9.61. The fraction of sp³-hybridized carbons (Fsp3) is 0.636. The lowest BCUT2D eigenvalue weighted by atomic mass is 10.0. The molecule has 2 aromatic carbocycles. The third-order valence-corrected chi connectivity index (χ3v) is 6.21. The zero-order valence-corrected chi connectivity index (χ0v) is 24.7. The summed E-state index contributed by atoms with van der Waals surface area (Å²) in [7, 11) is 0. The van der Waals surface area contributed by atoms with E-state index in [1.165, 1.54) is 49.7 Å².